The molecule has 0 heterocycles. The van der Waals surface area contributed by atoms with Crippen molar-refractivity contribution in [3.8, 4) is 5.75 Å². The second kappa shape index (κ2) is 4.80. The molecule has 0 bridgehead atoms. The minimum absolute atomic E-state index is 0.239. The molecule has 0 unspecified atom stereocenters. The molecule has 0 saturated carbocycles. The smallest absolute Gasteiger partial charge is 0.320 e. The molecule has 1 aromatic carbocycles. The van der Waals surface area contributed by atoms with Crippen LogP contribution in [0.1, 0.15) is 11.1 Å². The molecule has 15 heavy (non-hydrogen) atoms. The van der Waals surface area contributed by atoms with Crippen LogP contribution in [-0.4, -0.2) is 22.2 Å². The summed E-state index contributed by atoms with van der Waals surface area (Å²) in [5.41, 5.74) is 6.98. The molecule has 1 rings (SSSR count). The Hall–Kier alpha value is -0.820. The zero-order valence-corrected chi connectivity index (χ0v) is 10.4. The Bertz CT molecular complexity index is 369. The molecule has 0 fully saturated rings. The zero-order valence-electron chi connectivity index (χ0n) is 8.20. The molecule has 4 nitrogen and oxygen atoms in total. The number of aliphatic carboxylic acids is 1. The van der Waals surface area contributed by atoms with E-state index in [0.717, 1.165) is 11.1 Å². The molecule has 0 amide bonds. The summed E-state index contributed by atoms with van der Waals surface area (Å²) in [5.74, 6) is -0.779. The highest BCUT2D eigenvalue weighted by atomic mass is 127. The van der Waals surface area contributed by atoms with Crippen molar-refractivity contribution in [2.45, 2.75) is 19.4 Å². The number of carboxylic acids is 1. The van der Waals surface area contributed by atoms with Crippen LogP contribution in [0.5, 0.6) is 5.75 Å². The SMILES string of the molecule is Cc1cc(C[C@H](N)C(=O)O)cc(I)c1O. The Morgan fingerprint density at radius 3 is 2.67 bits per heavy atom. The van der Waals surface area contributed by atoms with Gasteiger partial charge in [0.2, 0.25) is 0 Å². The van der Waals surface area contributed by atoms with Crippen LogP contribution in [0.2, 0.25) is 0 Å². The highest BCUT2D eigenvalue weighted by Gasteiger charge is 2.13. The van der Waals surface area contributed by atoms with Gasteiger partial charge in [-0.2, -0.15) is 0 Å². The lowest BCUT2D eigenvalue weighted by atomic mass is 10.0. The molecule has 1 atom stereocenters. The normalized spacial score (nSPS) is 12.5. The topological polar surface area (TPSA) is 83.6 Å². The van der Waals surface area contributed by atoms with Gasteiger partial charge in [0.05, 0.1) is 3.57 Å². The second-order valence-corrected chi connectivity index (χ2v) is 4.55. The van der Waals surface area contributed by atoms with Gasteiger partial charge in [-0.3, -0.25) is 4.79 Å². The fraction of sp³-hybridized carbons (Fsp3) is 0.300. The number of aryl methyl sites for hydroxylation is 1. The van der Waals surface area contributed by atoms with Crippen molar-refractivity contribution in [3.63, 3.8) is 0 Å². The number of phenolic OH excluding ortho intramolecular Hbond substituents is 1. The predicted molar refractivity (Wildman–Crippen MR) is 64.9 cm³/mol. The lowest BCUT2D eigenvalue weighted by Gasteiger charge is -2.09. The first-order valence-corrected chi connectivity index (χ1v) is 5.46. The summed E-state index contributed by atoms with van der Waals surface area (Å²) < 4.78 is 0.709. The van der Waals surface area contributed by atoms with Crippen LogP contribution in [0, 0.1) is 10.5 Å². The molecule has 4 N–H and O–H groups in total. The first-order chi connectivity index (χ1) is 6.91. The molecule has 1 aromatic rings. The summed E-state index contributed by atoms with van der Waals surface area (Å²) in [4.78, 5) is 10.6. The quantitative estimate of drug-likeness (QED) is 0.732. The molecule has 0 aliphatic heterocycles. The van der Waals surface area contributed by atoms with Crippen LogP contribution in [0.15, 0.2) is 12.1 Å². The van der Waals surface area contributed by atoms with Gasteiger partial charge in [0.25, 0.3) is 0 Å². The van der Waals surface area contributed by atoms with E-state index in [1.165, 1.54) is 0 Å². The van der Waals surface area contributed by atoms with Crippen LogP contribution in [0.3, 0.4) is 0 Å². The summed E-state index contributed by atoms with van der Waals surface area (Å²) in [6.45, 7) is 1.77. The highest BCUT2D eigenvalue weighted by Crippen LogP contribution is 2.25. The summed E-state index contributed by atoms with van der Waals surface area (Å²) >= 11 is 2.00. The van der Waals surface area contributed by atoms with Crippen molar-refractivity contribution in [2.75, 3.05) is 0 Å². The Morgan fingerprint density at radius 2 is 2.20 bits per heavy atom. The average Bonchev–Trinajstić information content (AvgIpc) is 2.13. The lowest BCUT2D eigenvalue weighted by molar-refractivity contribution is -0.138. The number of halogens is 1. The van der Waals surface area contributed by atoms with Crippen molar-refractivity contribution >= 4 is 28.6 Å². The van der Waals surface area contributed by atoms with Crippen LogP contribution < -0.4 is 5.73 Å². The van der Waals surface area contributed by atoms with Crippen molar-refractivity contribution in [1.29, 1.82) is 0 Å². The predicted octanol–water partition coefficient (Wildman–Crippen LogP) is 1.26. The van der Waals surface area contributed by atoms with E-state index in [1.54, 1.807) is 19.1 Å². The monoisotopic (exact) mass is 321 g/mol. The summed E-state index contributed by atoms with van der Waals surface area (Å²) in [7, 11) is 0. The van der Waals surface area contributed by atoms with Gasteiger partial charge in [-0.15, -0.1) is 0 Å². The van der Waals surface area contributed by atoms with E-state index < -0.39 is 12.0 Å². The molecular weight excluding hydrogens is 309 g/mol. The van der Waals surface area contributed by atoms with E-state index in [9.17, 15) is 9.90 Å². The van der Waals surface area contributed by atoms with Crippen LogP contribution >= 0.6 is 22.6 Å². The van der Waals surface area contributed by atoms with Gasteiger partial charge in [-0.25, -0.2) is 0 Å². The maximum atomic E-state index is 10.6. The van der Waals surface area contributed by atoms with Gasteiger partial charge < -0.3 is 15.9 Å². The van der Waals surface area contributed by atoms with Crippen molar-refractivity contribution in [3.05, 3.63) is 26.8 Å². The number of aromatic hydroxyl groups is 1. The minimum Gasteiger partial charge on any atom is -0.507 e. The number of carbonyl (C=O) groups is 1. The third-order valence-corrected chi connectivity index (χ3v) is 2.91. The number of benzene rings is 1. The van der Waals surface area contributed by atoms with Crippen molar-refractivity contribution < 1.29 is 15.0 Å². The number of phenols is 1. The Balaban J connectivity index is 2.92. The maximum absolute atomic E-state index is 10.6. The zero-order chi connectivity index (χ0) is 11.6. The minimum atomic E-state index is -1.02. The van der Waals surface area contributed by atoms with Gasteiger partial charge in [0, 0.05) is 0 Å². The summed E-state index contributed by atoms with van der Waals surface area (Å²) in [5, 5.41) is 18.2. The molecule has 82 valence electrons. The molecule has 0 aromatic heterocycles. The van der Waals surface area contributed by atoms with Crippen LogP contribution in [-0.2, 0) is 11.2 Å². The van der Waals surface area contributed by atoms with Gasteiger partial charge in [0.1, 0.15) is 11.8 Å². The van der Waals surface area contributed by atoms with Crippen molar-refractivity contribution in [1.82, 2.24) is 0 Å². The number of hydrogen-bond acceptors (Lipinski definition) is 3. The standard InChI is InChI=1S/C10H12INO3/c1-5-2-6(3-7(11)9(5)13)4-8(12)10(14)15/h2-3,8,13H,4,12H2,1H3,(H,14,15)/t8-/m0/s1. The Morgan fingerprint density at radius 1 is 1.60 bits per heavy atom. The third kappa shape index (κ3) is 3.07. The molecule has 0 aliphatic carbocycles. The van der Waals surface area contributed by atoms with Gasteiger partial charge >= 0.3 is 5.97 Å². The van der Waals surface area contributed by atoms with Crippen LogP contribution in [0.25, 0.3) is 0 Å². The first kappa shape index (κ1) is 12.3. The maximum Gasteiger partial charge on any atom is 0.320 e. The number of nitrogens with two attached hydrogens (primary N) is 1. The fourth-order valence-corrected chi connectivity index (χ4v) is 2.09. The van der Waals surface area contributed by atoms with E-state index in [1.807, 2.05) is 22.6 Å². The Labute approximate surface area is 101 Å². The summed E-state index contributed by atoms with van der Waals surface area (Å²) in [6.07, 6.45) is 0.270. The van der Waals surface area contributed by atoms with Gasteiger partial charge in [-0.05, 0) is 53.1 Å². The van der Waals surface area contributed by atoms with Gasteiger partial charge in [0.15, 0.2) is 0 Å². The number of rotatable bonds is 3. The van der Waals surface area contributed by atoms with Gasteiger partial charge in [-0.1, -0.05) is 6.07 Å². The molecular formula is C10H12INO3. The first-order valence-electron chi connectivity index (χ1n) is 4.38. The van der Waals surface area contributed by atoms with E-state index in [4.69, 9.17) is 10.8 Å². The number of hydrogen-bond donors (Lipinski definition) is 3. The molecule has 5 heteroatoms. The number of carboxylic acid groups (broad SMARTS) is 1. The largest absolute Gasteiger partial charge is 0.507 e. The molecule has 0 radical (unpaired) electrons. The van der Waals surface area contributed by atoms with E-state index in [2.05, 4.69) is 0 Å². The second-order valence-electron chi connectivity index (χ2n) is 3.39. The highest BCUT2D eigenvalue weighted by molar-refractivity contribution is 14.1. The van der Waals surface area contributed by atoms with E-state index in [-0.39, 0.29) is 12.2 Å². The van der Waals surface area contributed by atoms with Crippen molar-refractivity contribution in [2.24, 2.45) is 5.73 Å². The van der Waals surface area contributed by atoms with Crippen LogP contribution in [0.4, 0.5) is 0 Å². The fourth-order valence-electron chi connectivity index (χ4n) is 1.27. The summed E-state index contributed by atoms with van der Waals surface area (Å²) in [6, 6.07) is 2.59. The third-order valence-electron chi connectivity index (χ3n) is 2.09. The Kier molecular flexibility index (Phi) is 3.92. The van der Waals surface area contributed by atoms with E-state index >= 15 is 0 Å². The molecule has 0 aliphatic rings. The molecule has 0 saturated heterocycles. The lowest BCUT2D eigenvalue weighted by Crippen LogP contribution is -2.32. The average molecular weight is 321 g/mol. The van der Waals surface area contributed by atoms with E-state index in [0.29, 0.717) is 3.57 Å². The molecule has 0 spiro atoms.